The van der Waals surface area contributed by atoms with E-state index in [0.717, 1.165) is 17.5 Å². The second kappa shape index (κ2) is 11.7. The minimum atomic E-state index is -3.89. The van der Waals surface area contributed by atoms with Gasteiger partial charge in [0.2, 0.25) is 0 Å². The standard InChI is InChI=1S/C29H33F2N3O4S/c1-29(2,3)38-28(35)32-25-14-16-26(17-15-25)33-39(36,37)34-18-4-5-22(19-34)27(20-6-10-23(30)11-7-20)21-8-12-24(31)13-9-21/h6-17,22,27,33H,4-5,18-19H2,1-3H3,(H,32,35). The largest absolute Gasteiger partial charge is 0.444 e. The maximum atomic E-state index is 13.7. The van der Waals surface area contributed by atoms with Gasteiger partial charge < -0.3 is 4.74 Å². The van der Waals surface area contributed by atoms with E-state index in [9.17, 15) is 22.0 Å². The van der Waals surface area contributed by atoms with E-state index in [0.29, 0.717) is 24.3 Å². The summed E-state index contributed by atoms with van der Waals surface area (Å²) >= 11 is 0. The molecule has 0 spiro atoms. The van der Waals surface area contributed by atoms with Crippen molar-refractivity contribution >= 4 is 27.7 Å². The van der Waals surface area contributed by atoms with E-state index >= 15 is 0 Å². The van der Waals surface area contributed by atoms with Gasteiger partial charge in [-0.15, -0.1) is 0 Å². The van der Waals surface area contributed by atoms with E-state index in [1.165, 1.54) is 28.6 Å². The number of carbonyl (C=O) groups is 1. The van der Waals surface area contributed by atoms with Gasteiger partial charge in [0.05, 0.1) is 0 Å². The van der Waals surface area contributed by atoms with Gasteiger partial charge in [-0.2, -0.15) is 12.7 Å². The van der Waals surface area contributed by atoms with Crippen LogP contribution >= 0.6 is 0 Å². The zero-order valence-corrected chi connectivity index (χ0v) is 23.0. The number of ether oxygens (including phenoxy) is 1. The van der Waals surface area contributed by atoms with Crippen LogP contribution in [0.25, 0.3) is 0 Å². The van der Waals surface area contributed by atoms with Crippen LogP contribution in [0.5, 0.6) is 0 Å². The first-order chi connectivity index (χ1) is 18.4. The molecule has 3 aromatic carbocycles. The van der Waals surface area contributed by atoms with Gasteiger partial charge >= 0.3 is 16.3 Å². The highest BCUT2D eigenvalue weighted by Crippen LogP contribution is 2.38. The summed E-state index contributed by atoms with van der Waals surface area (Å²) in [4.78, 5) is 12.0. The highest BCUT2D eigenvalue weighted by atomic mass is 32.2. The first-order valence-electron chi connectivity index (χ1n) is 12.8. The summed E-state index contributed by atoms with van der Waals surface area (Å²) < 4.78 is 63.2. The fourth-order valence-corrected chi connectivity index (χ4v) is 6.12. The highest BCUT2D eigenvalue weighted by molar-refractivity contribution is 7.90. The van der Waals surface area contributed by atoms with E-state index in [4.69, 9.17) is 4.74 Å². The molecule has 3 aromatic rings. The molecular formula is C29H33F2N3O4S. The van der Waals surface area contributed by atoms with Crippen molar-refractivity contribution in [1.29, 1.82) is 0 Å². The number of rotatable bonds is 7. The van der Waals surface area contributed by atoms with E-state index < -0.39 is 21.9 Å². The lowest BCUT2D eigenvalue weighted by molar-refractivity contribution is 0.0636. The molecule has 1 unspecified atom stereocenters. The lowest BCUT2D eigenvalue weighted by atomic mass is 9.77. The summed E-state index contributed by atoms with van der Waals surface area (Å²) in [7, 11) is -3.89. The first-order valence-corrected chi connectivity index (χ1v) is 14.2. The molecule has 208 valence electrons. The Morgan fingerprint density at radius 2 is 1.41 bits per heavy atom. The number of hydrogen-bond acceptors (Lipinski definition) is 4. The number of halogens is 2. The molecule has 1 aliphatic rings. The van der Waals surface area contributed by atoms with Gasteiger partial charge in [-0.3, -0.25) is 10.0 Å². The molecule has 0 bridgehead atoms. The third-order valence-electron chi connectivity index (χ3n) is 6.47. The molecule has 4 rings (SSSR count). The minimum absolute atomic E-state index is 0.105. The van der Waals surface area contributed by atoms with Crippen LogP contribution in [-0.4, -0.2) is 37.5 Å². The first kappa shape index (κ1) is 28.5. The molecule has 0 radical (unpaired) electrons. The number of amides is 1. The molecule has 0 aromatic heterocycles. The average molecular weight is 558 g/mol. The molecule has 39 heavy (non-hydrogen) atoms. The van der Waals surface area contributed by atoms with Gasteiger partial charge in [0, 0.05) is 30.4 Å². The molecule has 7 nitrogen and oxygen atoms in total. The zero-order chi connectivity index (χ0) is 28.2. The summed E-state index contributed by atoms with van der Waals surface area (Å²) in [6.45, 7) is 5.88. The van der Waals surface area contributed by atoms with Crippen LogP contribution in [0.2, 0.25) is 0 Å². The number of benzene rings is 3. The van der Waals surface area contributed by atoms with Crippen LogP contribution in [0.3, 0.4) is 0 Å². The van der Waals surface area contributed by atoms with Crippen LogP contribution in [-0.2, 0) is 14.9 Å². The Balaban J connectivity index is 1.48. The number of hydrogen-bond donors (Lipinski definition) is 2. The molecule has 1 aliphatic heterocycles. The van der Waals surface area contributed by atoms with Crippen LogP contribution < -0.4 is 10.0 Å². The summed E-state index contributed by atoms with van der Waals surface area (Å²) in [6.07, 6.45) is 0.798. The van der Waals surface area contributed by atoms with Crippen molar-refractivity contribution in [3.8, 4) is 0 Å². The van der Waals surface area contributed by atoms with Crippen molar-refractivity contribution in [3.63, 3.8) is 0 Å². The quantitative estimate of drug-likeness (QED) is 0.347. The van der Waals surface area contributed by atoms with Gasteiger partial charge in [0.15, 0.2) is 0 Å². The normalized spacial score (nSPS) is 16.6. The van der Waals surface area contributed by atoms with Crippen LogP contribution in [0, 0.1) is 17.6 Å². The Morgan fingerprint density at radius 3 is 1.92 bits per heavy atom. The number of nitrogens with zero attached hydrogens (tertiary/aromatic N) is 1. The van der Waals surface area contributed by atoms with E-state index in [1.807, 2.05) is 0 Å². The highest BCUT2D eigenvalue weighted by Gasteiger charge is 2.34. The Hall–Kier alpha value is -3.50. The van der Waals surface area contributed by atoms with E-state index in [2.05, 4.69) is 10.0 Å². The van der Waals surface area contributed by atoms with E-state index in [-0.39, 0.29) is 30.0 Å². The molecule has 1 heterocycles. The summed E-state index contributed by atoms with van der Waals surface area (Å²) in [5.41, 5.74) is 1.85. The topological polar surface area (TPSA) is 87.7 Å². The lowest BCUT2D eigenvalue weighted by Crippen LogP contribution is -2.44. The van der Waals surface area contributed by atoms with Gasteiger partial charge in [-0.1, -0.05) is 24.3 Å². The number of nitrogens with one attached hydrogen (secondary N) is 2. The second-order valence-corrected chi connectivity index (χ2v) is 12.3. The van der Waals surface area contributed by atoms with Gasteiger partial charge in [0.25, 0.3) is 0 Å². The van der Waals surface area contributed by atoms with Crippen molar-refractivity contribution in [2.45, 2.75) is 45.1 Å². The molecule has 2 N–H and O–H groups in total. The molecule has 10 heteroatoms. The number of carbonyl (C=O) groups excluding carboxylic acids is 1. The SMILES string of the molecule is CC(C)(C)OC(=O)Nc1ccc(NS(=O)(=O)N2CCCC(C(c3ccc(F)cc3)c3ccc(F)cc3)C2)cc1. The van der Waals surface area contributed by atoms with E-state index in [1.54, 1.807) is 69.3 Å². The second-order valence-electron chi connectivity index (χ2n) is 10.7. The third-order valence-corrected chi connectivity index (χ3v) is 7.97. The van der Waals surface area contributed by atoms with Crippen molar-refractivity contribution in [2.24, 2.45) is 5.92 Å². The summed E-state index contributed by atoms with van der Waals surface area (Å²) in [6, 6.07) is 18.6. The van der Waals surface area contributed by atoms with Crippen LogP contribution in [0.4, 0.5) is 25.0 Å². The van der Waals surface area contributed by atoms with Crippen molar-refractivity contribution < 1.29 is 26.7 Å². The van der Waals surface area contributed by atoms with Crippen LogP contribution in [0.1, 0.15) is 50.7 Å². The molecule has 1 fully saturated rings. The van der Waals surface area contributed by atoms with Crippen molar-refractivity contribution in [2.75, 3.05) is 23.1 Å². The smallest absolute Gasteiger partial charge is 0.412 e. The molecule has 1 atom stereocenters. The lowest BCUT2D eigenvalue weighted by Gasteiger charge is -2.37. The molecule has 0 saturated carbocycles. The third kappa shape index (κ3) is 7.77. The molecule has 1 amide bonds. The maximum absolute atomic E-state index is 13.7. The average Bonchev–Trinajstić information content (AvgIpc) is 2.87. The minimum Gasteiger partial charge on any atom is -0.444 e. The summed E-state index contributed by atoms with van der Waals surface area (Å²) in [5, 5.41) is 2.61. The van der Waals surface area contributed by atoms with Crippen LogP contribution in [0.15, 0.2) is 72.8 Å². The predicted octanol–water partition coefficient (Wildman–Crippen LogP) is 6.51. The predicted molar refractivity (Wildman–Crippen MR) is 148 cm³/mol. The Morgan fingerprint density at radius 1 is 0.897 bits per heavy atom. The van der Waals surface area contributed by atoms with Crippen molar-refractivity contribution in [1.82, 2.24) is 4.31 Å². The van der Waals surface area contributed by atoms with Gasteiger partial charge in [-0.05, 0) is 99.2 Å². The Bertz CT molecular complexity index is 1330. The molecule has 1 saturated heterocycles. The maximum Gasteiger partial charge on any atom is 0.412 e. The summed E-state index contributed by atoms with van der Waals surface area (Å²) in [5.74, 6) is -1.06. The number of piperidine rings is 1. The van der Waals surface area contributed by atoms with Gasteiger partial charge in [0.1, 0.15) is 17.2 Å². The molecular weight excluding hydrogens is 524 g/mol. The fourth-order valence-electron chi connectivity index (χ4n) is 4.80. The van der Waals surface area contributed by atoms with Crippen molar-refractivity contribution in [3.05, 3.63) is 95.6 Å². The Labute approximate surface area is 228 Å². The molecule has 0 aliphatic carbocycles. The monoisotopic (exact) mass is 557 g/mol. The van der Waals surface area contributed by atoms with Gasteiger partial charge in [-0.25, -0.2) is 13.6 Å². The zero-order valence-electron chi connectivity index (χ0n) is 22.2. The Kier molecular flexibility index (Phi) is 8.56. The number of anilines is 2. The fraction of sp³-hybridized carbons (Fsp3) is 0.345.